The number of fused-ring (bicyclic) bond motifs is 5. The van der Waals surface area contributed by atoms with Crippen molar-refractivity contribution in [3.63, 3.8) is 0 Å². The lowest BCUT2D eigenvalue weighted by molar-refractivity contribution is -0.133. The maximum Gasteiger partial charge on any atom is 0.158 e. The smallest absolute Gasteiger partial charge is 0.158 e. The molecule has 6 atom stereocenters. The predicted octanol–water partition coefficient (Wildman–Crippen LogP) is 6.28. The third-order valence-electron chi connectivity index (χ3n) is 9.24. The molecule has 2 heteroatoms. The zero-order chi connectivity index (χ0) is 19.2. The number of ketones is 2. The number of Topliss-reactive ketones (excluding diaryl/α,β-unsaturated/α-hetero) is 1. The molecule has 150 valence electrons. The second kappa shape index (κ2) is 7.16. The van der Waals surface area contributed by atoms with E-state index in [1.807, 2.05) is 0 Å². The van der Waals surface area contributed by atoms with E-state index in [1.54, 1.807) is 0 Å². The number of unbranched alkanes of at least 4 members (excludes halogenated alkanes) is 3. The molecule has 0 N–H and O–H groups in total. The summed E-state index contributed by atoms with van der Waals surface area (Å²) in [5, 5.41) is 0. The number of carbonyl (C=O) groups excluding carboxylic acids is 2. The number of carbonyl (C=O) groups is 2. The van der Waals surface area contributed by atoms with Gasteiger partial charge in [0, 0.05) is 17.8 Å². The van der Waals surface area contributed by atoms with Crippen LogP contribution < -0.4 is 0 Å². The molecule has 0 amide bonds. The summed E-state index contributed by atoms with van der Waals surface area (Å²) in [6.07, 6.45) is 15.7. The SMILES string of the molecule is CCCCCC[C@@H]1C[C@@]2(C)C(=CC1=O)CC[C@@H]1[C@@H]2CC[C@]2(C)C(=O)CC[C@@H]12. The summed E-state index contributed by atoms with van der Waals surface area (Å²) in [5.41, 5.74) is 1.62. The van der Waals surface area contributed by atoms with E-state index < -0.39 is 0 Å². The largest absolute Gasteiger partial charge is 0.299 e. The van der Waals surface area contributed by atoms with Crippen LogP contribution in [0, 0.1) is 34.5 Å². The van der Waals surface area contributed by atoms with Gasteiger partial charge in [0.1, 0.15) is 5.78 Å². The first-order chi connectivity index (χ1) is 12.9. The molecule has 4 rings (SSSR count). The van der Waals surface area contributed by atoms with Crippen molar-refractivity contribution in [2.45, 2.75) is 97.8 Å². The molecular weight excluding hydrogens is 332 g/mol. The van der Waals surface area contributed by atoms with Gasteiger partial charge in [0.25, 0.3) is 0 Å². The highest BCUT2D eigenvalue weighted by atomic mass is 16.1. The summed E-state index contributed by atoms with van der Waals surface area (Å²) < 4.78 is 0. The first-order valence-electron chi connectivity index (χ1n) is 11.7. The minimum atomic E-state index is -0.0389. The van der Waals surface area contributed by atoms with Gasteiger partial charge in [-0.1, -0.05) is 52.0 Å². The van der Waals surface area contributed by atoms with Crippen molar-refractivity contribution >= 4 is 11.6 Å². The Labute approximate surface area is 165 Å². The van der Waals surface area contributed by atoms with Crippen molar-refractivity contribution in [1.29, 1.82) is 0 Å². The molecule has 0 saturated heterocycles. The zero-order valence-electron chi connectivity index (χ0n) is 17.7. The fourth-order valence-corrected chi connectivity index (χ4v) is 7.58. The van der Waals surface area contributed by atoms with Crippen LogP contribution in [-0.4, -0.2) is 11.6 Å². The van der Waals surface area contributed by atoms with Crippen LogP contribution >= 0.6 is 0 Å². The van der Waals surface area contributed by atoms with Crippen LogP contribution in [0.1, 0.15) is 97.8 Å². The minimum Gasteiger partial charge on any atom is -0.299 e. The van der Waals surface area contributed by atoms with Crippen LogP contribution in [0.5, 0.6) is 0 Å². The highest BCUT2D eigenvalue weighted by Crippen LogP contribution is 2.64. The van der Waals surface area contributed by atoms with Crippen molar-refractivity contribution in [1.82, 2.24) is 0 Å². The van der Waals surface area contributed by atoms with Crippen LogP contribution in [-0.2, 0) is 9.59 Å². The van der Waals surface area contributed by atoms with Crippen molar-refractivity contribution in [2.24, 2.45) is 34.5 Å². The average Bonchev–Trinajstić information content (AvgIpc) is 2.95. The summed E-state index contributed by atoms with van der Waals surface area (Å²) in [5.74, 6) is 3.17. The average molecular weight is 371 g/mol. The van der Waals surface area contributed by atoms with Gasteiger partial charge in [0.05, 0.1) is 0 Å². The lowest BCUT2D eigenvalue weighted by atomic mass is 9.46. The fourth-order valence-electron chi connectivity index (χ4n) is 7.58. The van der Waals surface area contributed by atoms with Gasteiger partial charge < -0.3 is 0 Å². The molecule has 27 heavy (non-hydrogen) atoms. The van der Waals surface area contributed by atoms with Gasteiger partial charge in [-0.3, -0.25) is 9.59 Å². The number of hydrogen-bond donors (Lipinski definition) is 0. The Morgan fingerprint density at radius 2 is 1.74 bits per heavy atom. The molecule has 4 aliphatic carbocycles. The standard InChI is InChI=1S/C25H38O2/c1-4-5-6-7-8-17-16-25(3)18(15-22(17)26)9-10-19-20-11-12-23(27)24(20,2)14-13-21(19)25/h15,17,19-21H,4-14,16H2,1-3H3/t17-,19+,20+,21+,24+,25+/m1/s1. The molecule has 0 aromatic carbocycles. The molecule has 4 aliphatic rings. The van der Waals surface area contributed by atoms with Gasteiger partial charge in [-0.2, -0.15) is 0 Å². The Hall–Kier alpha value is -0.920. The second-order valence-corrected chi connectivity index (χ2v) is 10.6. The molecule has 3 saturated carbocycles. The lowest BCUT2D eigenvalue weighted by Crippen LogP contribution is -2.51. The highest BCUT2D eigenvalue weighted by molar-refractivity contribution is 5.93. The van der Waals surface area contributed by atoms with E-state index in [2.05, 4.69) is 26.8 Å². The van der Waals surface area contributed by atoms with Crippen LogP contribution in [0.2, 0.25) is 0 Å². The quantitative estimate of drug-likeness (QED) is 0.533. The first kappa shape index (κ1) is 19.4. The van der Waals surface area contributed by atoms with E-state index in [9.17, 15) is 9.59 Å². The van der Waals surface area contributed by atoms with Crippen molar-refractivity contribution in [3.05, 3.63) is 11.6 Å². The molecule has 0 radical (unpaired) electrons. The van der Waals surface area contributed by atoms with E-state index in [0.717, 1.165) is 38.5 Å². The number of hydrogen-bond acceptors (Lipinski definition) is 2. The van der Waals surface area contributed by atoms with Crippen LogP contribution in [0.4, 0.5) is 0 Å². The molecule has 0 aromatic heterocycles. The highest BCUT2D eigenvalue weighted by Gasteiger charge is 2.59. The monoisotopic (exact) mass is 370 g/mol. The van der Waals surface area contributed by atoms with Crippen molar-refractivity contribution < 1.29 is 9.59 Å². The van der Waals surface area contributed by atoms with E-state index in [0.29, 0.717) is 29.3 Å². The normalized spacial score (nSPS) is 43.7. The molecule has 0 bridgehead atoms. The van der Waals surface area contributed by atoms with Gasteiger partial charge in [0.15, 0.2) is 5.78 Å². The Morgan fingerprint density at radius 1 is 0.963 bits per heavy atom. The maximum absolute atomic E-state index is 12.8. The van der Waals surface area contributed by atoms with Crippen LogP contribution in [0.25, 0.3) is 0 Å². The summed E-state index contributed by atoms with van der Waals surface area (Å²) in [6.45, 7) is 6.98. The number of rotatable bonds is 5. The van der Waals surface area contributed by atoms with Crippen LogP contribution in [0.15, 0.2) is 11.6 Å². The van der Waals surface area contributed by atoms with Gasteiger partial charge in [-0.15, -0.1) is 0 Å². The van der Waals surface area contributed by atoms with E-state index in [4.69, 9.17) is 0 Å². The zero-order valence-corrected chi connectivity index (χ0v) is 17.7. The first-order valence-corrected chi connectivity index (χ1v) is 11.7. The van der Waals surface area contributed by atoms with E-state index in [1.165, 1.54) is 44.1 Å². The Balaban J connectivity index is 1.54. The molecule has 0 aliphatic heterocycles. The third-order valence-corrected chi connectivity index (χ3v) is 9.24. The topological polar surface area (TPSA) is 34.1 Å². The maximum atomic E-state index is 12.8. The van der Waals surface area contributed by atoms with E-state index in [-0.39, 0.29) is 16.7 Å². The van der Waals surface area contributed by atoms with Gasteiger partial charge >= 0.3 is 0 Å². The van der Waals surface area contributed by atoms with Gasteiger partial charge in [-0.25, -0.2) is 0 Å². The predicted molar refractivity (Wildman–Crippen MR) is 109 cm³/mol. The Bertz CT molecular complexity index is 647. The summed E-state index contributed by atoms with van der Waals surface area (Å²) >= 11 is 0. The molecular formula is C25H38O2. The van der Waals surface area contributed by atoms with E-state index >= 15 is 0 Å². The molecule has 0 unspecified atom stereocenters. The Morgan fingerprint density at radius 3 is 2.52 bits per heavy atom. The minimum absolute atomic E-state index is 0.0389. The molecule has 0 spiro atoms. The van der Waals surface area contributed by atoms with Crippen LogP contribution in [0.3, 0.4) is 0 Å². The third kappa shape index (κ3) is 3.06. The van der Waals surface area contributed by atoms with Gasteiger partial charge in [0.2, 0.25) is 0 Å². The summed E-state index contributed by atoms with van der Waals surface area (Å²) in [7, 11) is 0. The summed E-state index contributed by atoms with van der Waals surface area (Å²) in [4.78, 5) is 25.3. The number of allylic oxidation sites excluding steroid dienone is 1. The summed E-state index contributed by atoms with van der Waals surface area (Å²) in [6, 6.07) is 0. The Kier molecular flexibility index (Phi) is 5.14. The second-order valence-electron chi connectivity index (χ2n) is 10.6. The lowest BCUT2D eigenvalue weighted by Gasteiger charge is -2.57. The van der Waals surface area contributed by atoms with Crippen molar-refractivity contribution in [3.8, 4) is 0 Å². The van der Waals surface area contributed by atoms with Gasteiger partial charge in [-0.05, 0) is 74.2 Å². The molecule has 0 heterocycles. The molecule has 2 nitrogen and oxygen atoms in total. The molecule has 0 aromatic rings. The van der Waals surface area contributed by atoms with Crippen molar-refractivity contribution in [2.75, 3.05) is 0 Å². The molecule has 3 fully saturated rings. The fraction of sp³-hybridized carbons (Fsp3) is 0.840.